The number of hydrogen-bond acceptors (Lipinski definition) is 5. The molecular formula is C19H23N3O4. The quantitative estimate of drug-likeness (QED) is 0.775. The van der Waals surface area contributed by atoms with Crippen molar-refractivity contribution in [2.45, 2.75) is 33.2 Å². The van der Waals surface area contributed by atoms with Gasteiger partial charge in [-0.05, 0) is 38.3 Å². The summed E-state index contributed by atoms with van der Waals surface area (Å²) < 4.78 is 6.40. The van der Waals surface area contributed by atoms with Gasteiger partial charge in [-0.3, -0.25) is 19.0 Å². The number of para-hydroxylation sites is 1. The fraction of sp³-hybridized carbons (Fsp3) is 0.474. The number of fused-ring (bicyclic) bond motifs is 1. The van der Waals surface area contributed by atoms with E-state index in [1.54, 1.807) is 17.9 Å². The number of aryl methyl sites for hydroxylation is 1. The van der Waals surface area contributed by atoms with Gasteiger partial charge in [-0.15, -0.1) is 0 Å². The Morgan fingerprint density at radius 1 is 1.35 bits per heavy atom. The molecule has 7 nitrogen and oxygen atoms in total. The molecular weight excluding hydrogens is 334 g/mol. The van der Waals surface area contributed by atoms with E-state index in [2.05, 4.69) is 4.98 Å². The van der Waals surface area contributed by atoms with Crippen molar-refractivity contribution in [2.75, 3.05) is 19.7 Å². The number of hydrogen-bond donors (Lipinski definition) is 0. The summed E-state index contributed by atoms with van der Waals surface area (Å²) in [6.07, 6.45) is 2.89. The topological polar surface area (TPSA) is 81.5 Å². The Morgan fingerprint density at radius 2 is 2.15 bits per heavy atom. The molecule has 26 heavy (non-hydrogen) atoms. The van der Waals surface area contributed by atoms with E-state index < -0.39 is 0 Å². The van der Waals surface area contributed by atoms with Gasteiger partial charge in [0, 0.05) is 13.1 Å². The summed E-state index contributed by atoms with van der Waals surface area (Å²) >= 11 is 0. The molecule has 0 bridgehead atoms. The van der Waals surface area contributed by atoms with Crippen LogP contribution in [0.3, 0.4) is 0 Å². The number of aromatic nitrogens is 2. The van der Waals surface area contributed by atoms with Crippen molar-refractivity contribution in [1.29, 1.82) is 0 Å². The molecule has 1 aliphatic rings. The summed E-state index contributed by atoms with van der Waals surface area (Å²) in [6, 6.07) is 5.42. The molecule has 0 aliphatic carbocycles. The zero-order valence-electron chi connectivity index (χ0n) is 15.1. The average molecular weight is 357 g/mol. The number of carbonyl (C=O) groups excluding carboxylic acids is 2. The Labute approximate surface area is 151 Å². The lowest BCUT2D eigenvalue weighted by Crippen LogP contribution is -2.45. The minimum atomic E-state index is -0.290. The Hall–Kier alpha value is -2.70. The SMILES string of the molecule is CCOC(=O)[C@@H]1CCCN(C(=O)Cn2cnc3c(C)cccc3c2=O)C1. The minimum Gasteiger partial charge on any atom is -0.466 e. The van der Waals surface area contributed by atoms with Crippen LogP contribution >= 0.6 is 0 Å². The molecule has 138 valence electrons. The average Bonchev–Trinajstić information content (AvgIpc) is 2.65. The van der Waals surface area contributed by atoms with Crippen molar-refractivity contribution in [3.05, 3.63) is 40.4 Å². The first-order chi connectivity index (χ1) is 12.5. The number of amides is 1. The molecule has 1 fully saturated rings. The third-order valence-corrected chi connectivity index (χ3v) is 4.75. The number of ether oxygens (including phenoxy) is 1. The largest absolute Gasteiger partial charge is 0.466 e. The smallest absolute Gasteiger partial charge is 0.310 e. The maximum atomic E-state index is 12.6. The number of nitrogens with zero attached hydrogens (tertiary/aromatic N) is 3. The highest BCUT2D eigenvalue weighted by Gasteiger charge is 2.29. The second kappa shape index (κ2) is 7.68. The molecule has 0 N–H and O–H groups in total. The van der Waals surface area contributed by atoms with Crippen molar-refractivity contribution in [3.8, 4) is 0 Å². The van der Waals surface area contributed by atoms with Gasteiger partial charge in [-0.25, -0.2) is 4.98 Å². The van der Waals surface area contributed by atoms with Crippen LogP contribution in [-0.4, -0.2) is 46.0 Å². The molecule has 1 amide bonds. The fourth-order valence-electron chi connectivity index (χ4n) is 3.35. The first-order valence-corrected chi connectivity index (χ1v) is 8.90. The van der Waals surface area contributed by atoms with Gasteiger partial charge >= 0.3 is 5.97 Å². The summed E-state index contributed by atoms with van der Waals surface area (Å²) in [7, 11) is 0. The summed E-state index contributed by atoms with van der Waals surface area (Å²) in [4.78, 5) is 43.2. The fourth-order valence-corrected chi connectivity index (χ4v) is 3.35. The van der Waals surface area contributed by atoms with Gasteiger partial charge in [-0.2, -0.15) is 0 Å². The van der Waals surface area contributed by atoms with E-state index in [0.717, 1.165) is 18.4 Å². The molecule has 7 heteroatoms. The molecule has 1 saturated heterocycles. The lowest BCUT2D eigenvalue weighted by molar-refractivity contribution is -0.151. The van der Waals surface area contributed by atoms with Crippen LogP contribution in [0, 0.1) is 12.8 Å². The van der Waals surface area contributed by atoms with Crippen LogP contribution in [0.4, 0.5) is 0 Å². The van der Waals surface area contributed by atoms with E-state index in [4.69, 9.17) is 4.74 Å². The highest BCUT2D eigenvalue weighted by atomic mass is 16.5. The van der Waals surface area contributed by atoms with Crippen LogP contribution in [0.2, 0.25) is 0 Å². The Bertz CT molecular complexity index is 890. The van der Waals surface area contributed by atoms with Gasteiger partial charge < -0.3 is 9.64 Å². The van der Waals surface area contributed by atoms with E-state index >= 15 is 0 Å². The summed E-state index contributed by atoms with van der Waals surface area (Å²) in [5.41, 5.74) is 1.35. The third kappa shape index (κ3) is 3.61. The van der Waals surface area contributed by atoms with Crippen LogP contribution in [0.5, 0.6) is 0 Å². The van der Waals surface area contributed by atoms with Crippen LogP contribution < -0.4 is 5.56 Å². The molecule has 0 unspecified atom stereocenters. The van der Waals surface area contributed by atoms with Gasteiger partial charge in [0.25, 0.3) is 5.56 Å². The summed E-state index contributed by atoms with van der Waals surface area (Å²) in [5, 5.41) is 0.503. The zero-order valence-corrected chi connectivity index (χ0v) is 15.1. The molecule has 1 atom stereocenters. The zero-order chi connectivity index (χ0) is 18.7. The van der Waals surface area contributed by atoms with Crippen molar-refractivity contribution < 1.29 is 14.3 Å². The molecule has 3 rings (SSSR count). The van der Waals surface area contributed by atoms with E-state index in [9.17, 15) is 14.4 Å². The summed E-state index contributed by atoms with van der Waals surface area (Å²) in [6.45, 7) is 4.85. The second-order valence-corrected chi connectivity index (χ2v) is 6.58. The van der Waals surface area contributed by atoms with Gasteiger partial charge in [0.15, 0.2) is 0 Å². The molecule has 1 aromatic heterocycles. The van der Waals surface area contributed by atoms with Crippen LogP contribution in [0.25, 0.3) is 10.9 Å². The van der Waals surface area contributed by atoms with Crippen LogP contribution in [0.1, 0.15) is 25.3 Å². The Kier molecular flexibility index (Phi) is 5.35. The van der Waals surface area contributed by atoms with Crippen molar-refractivity contribution >= 4 is 22.8 Å². The highest BCUT2D eigenvalue weighted by molar-refractivity contribution is 5.81. The maximum absolute atomic E-state index is 12.6. The number of rotatable bonds is 4. The number of carbonyl (C=O) groups is 2. The summed E-state index contributed by atoms with van der Waals surface area (Å²) in [5.74, 6) is -0.735. The van der Waals surface area contributed by atoms with Crippen molar-refractivity contribution in [2.24, 2.45) is 5.92 Å². The van der Waals surface area contributed by atoms with E-state index in [0.29, 0.717) is 30.6 Å². The lowest BCUT2D eigenvalue weighted by Gasteiger charge is -2.31. The van der Waals surface area contributed by atoms with E-state index in [1.165, 1.54) is 10.9 Å². The molecule has 0 saturated carbocycles. The number of benzene rings is 1. The first kappa shape index (κ1) is 18.1. The predicted molar refractivity (Wildman–Crippen MR) is 96.7 cm³/mol. The standard InChI is InChI=1S/C19H23N3O4/c1-3-26-19(25)14-7-5-9-21(10-14)16(23)11-22-12-20-17-13(2)6-4-8-15(17)18(22)24/h4,6,8,12,14H,3,5,7,9-11H2,1-2H3/t14-/m1/s1. The molecule has 2 aromatic rings. The Morgan fingerprint density at radius 3 is 2.92 bits per heavy atom. The second-order valence-electron chi connectivity index (χ2n) is 6.58. The molecule has 1 aromatic carbocycles. The minimum absolute atomic E-state index is 0.0781. The van der Waals surface area contributed by atoms with Gasteiger partial charge in [0.1, 0.15) is 6.54 Å². The van der Waals surface area contributed by atoms with Gasteiger partial charge in [0.05, 0.1) is 29.8 Å². The lowest BCUT2D eigenvalue weighted by atomic mass is 9.98. The van der Waals surface area contributed by atoms with Crippen LogP contribution in [-0.2, 0) is 20.9 Å². The van der Waals surface area contributed by atoms with Gasteiger partial charge in [0.2, 0.25) is 5.91 Å². The number of esters is 1. The van der Waals surface area contributed by atoms with Crippen molar-refractivity contribution in [3.63, 3.8) is 0 Å². The van der Waals surface area contributed by atoms with Crippen molar-refractivity contribution in [1.82, 2.24) is 14.5 Å². The predicted octanol–water partition coefficient (Wildman–Crippen LogP) is 1.51. The number of piperidine rings is 1. The third-order valence-electron chi connectivity index (χ3n) is 4.75. The molecule has 1 aliphatic heterocycles. The van der Waals surface area contributed by atoms with E-state index in [1.807, 2.05) is 19.1 Å². The van der Waals surface area contributed by atoms with Crippen LogP contribution in [0.15, 0.2) is 29.3 Å². The highest BCUT2D eigenvalue weighted by Crippen LogP contribution is 2.18. The molecule has 0 spiro atoms. The van der Waals surface area contributed by atoms with Gasteiger partial charge in [-0.1, -0.05) is 12.1 Å². The van der Waals surface area contributed by atoms with E-state index in [-0.39, 0.29) is 29.9 Å². The number of likely N-dealkylation sites (tertiary alicyclic amines) is 1. The Balaban J connectivity index is 1.76. The first-order valence-electron chi connectivity index (χ1n) is 8.90. The monoisotopic (exact) mass is 357 g/mol. The molecule has 2 heterocycles. The normalized spacial score (nSPS) is 17.3. The molecule has 0 radical (unpaired) electrons. The maximum Gasteiger partial charge on any atom is 0.310 e.